The van der Waals surface area contributed by atoms with E-state index >= 15 is 0 Å². The van der Waals surface area contributed by atoms with Crippen LogP contribution in [0, 0.1) is 11.6 Å². The molecule has 260 valence electrons. The summed E-state index contributed by atoms with van der Waals surface area (Å²) >= 11 is 0. The van der Waals surface area contributed by atoms with E-state index in [0.717, 1.165) is 17.3 Å². The highest BCUT2D eigenvalue weighted by Crippen LogP contribution is 2.43. The third kappa shape index (κ3) is 8.83. The number of nitrogens with one attached hydrogen (secondary N) is 1. The van der Waals surface area contributed by atoms with E-state index in [0.29, 0.717) is 47.5 Å². The Morgan fingerprint density at radius 2 is 1.55 bits per heavy atom. The molecule has 2 heterocycles. The second kappa shape index (κ2) is 14.6. The average Bonchev–Trinajstić information content (AvgIpc) is 3.36. The average molecular weight is 673 g/mol. The summed E-state index contributed by atoms with van der Waals surface area (Å²) < 4.78 is 49.3. The van der Waals surface area contributed by atoms with Crippen LogP contribution in [0.3, 0.4) is 0 Å². The van der Waals surface area contributed by atoms with Gasteiger partial charge in [-0.1, -0.05) is 62.4 Å². The van der Waals surface area contributed by atoms with Crippen molar-refractivity contribution in [2.75, 3.05) is 5.32 Å². The molecule has 0 aliphatic carbocycles. The molecule has 1 aromatic heterocycles. The fourth-order valence-corrected chi connectivity index (χ4v) is 6.61. The Morgan fingerprint density at radius 3 is 2.16 bits per heavy atom. The molecule has 0 radical (unpaired) electrons. The number of carbonyl (C=O) groups excluding carboxylic acids is 2. The van der Waals surface area contributed by atoms with Crippen molar-refractivity contribution in [1.82, 2.24) is 4.57 Å². The van der Waals surface area contributed by atoms with Crippen LogP contribution in [0.2, 0.25) is 0 Å². The van der Waals surface area contributed by atoms with Crippen molar-refractivity contribution in [1.29, 1.82) is 0 Å². The molecule has 0 unspecified atom stereocenters. The summed E-state index contributed by atoms with van der Waals surface area (Å²) in [5.41, 5.74) is 3.66. The molecule has 9 heteroatoms. The number of benzene rings is 3. The number of hydrogen-bond acceptors (Lipinski definition) is 5. The summed E-state index contributed by atoms with van der Waals surface area (Å²) in [4.78, 5) is 27.1. The number of esters is 1. The minimum Gasteiger partial charge on any atom is -0.460 e. The van der Waals surface area contributed by atoms with Crippen molar-refractivity contribution in [2.45, 2.75) is 104 Å². The van der Waals surface area contributed by atoms with Crippen molar-refractivity contribution < 1.29 is 32.6 Å². The van der Waals surface area contributed by atoms with Crippen LogP contribution in [0.1, 0.15) is 89.7 Å². The third-order valence-electron chi connectivity index (χ3n) is 8.28. The summed E-state index contributed by atoms with van der Waals surface area (Å²) in [6.07, 6.45) is 0.308. The summed E-state index contributed by atoms with van der Waals surface area (Å²) in [6, 6.07) is 22.5. The lowest BCUT2D eigenvalue weighted by atomic mass is 9.94. The predicted molar refractivity (Wildman–Crippen MR) is 187 cm³/mol. The Balaban J connectivity index is 1.61. The van der Waals surface area contributed by atoms with Crippen molar-refractivity contribution in [3.8, 4) is 22.4 Å². The number of carbonyl (C=O) groups is 2. The number of hydrogen-bond donors (Lipinski definition) is 1. The zero-order chi connectivity index (χ0) is 35.5. The van der Waals surface area contributed by atoms with E-state index < -0.39 is 29.1 Å². The molecule has 7 nitrogen and oxygen atoms in total. The molecular weight excluding hydrogens is 626 g/mol. The van der Waals surface area contributed by atoms with Gasteiger partial charge in [-0.25, -0.2) is 8.78 Å². The van der Waals surface area contributed by atoms with Gasteiger partial charge < -0.3 is 24.1 Å². The molecular formula is C40H46F2N2O5. The van der Waals surface area contributed by atoms with Crippen LogP contribution < -0.4 is 5.32 Å². The lowest BCUT2D eigenvalue weighted by Crippen LogP contribution is -2.46. The molecule has 1 saturated heterocycles. The Hall–Kier alpha value is -4.34. The summed E-state index contributed by atoms with van der Waals surface area (Å²) in [5, 5.41) is 3.06. The van der Waals surface area contributed by atoms with Crippen LogP contribution in [-0.2, 0) is 25.5 Å². The SMILES string of the molecule is CC(C)c1c(C(=O)Nc2ccccc2)c(-c2ccccc2)c(-c2ccc(F)c(F)c2)n1CC[C@@H]1C[C@H](CC(=O)OC(C)(C)C)OC(C)(C)O1. The highest BCUT2D eigenvalue weighted by molar-refractivity contribution is 6.12. The molecule has 1 aliphatic heterocycles. The van der Waals surface area contributed by atoms with Gasteiger partial charge in [0.1, 0.15) is 5.60 Å². The largest absolute Gasteiger partial charge is 0.460 e. The molecule has 1 aliphatic rings. The van der Waals surface area contributed by atoms with E-state index in [4.69, 9.17) is 14.2 Å². The number of para-hydroxylation sites is 1. The highest BCUT2D eigenvalue weighted by atomic mass is 19.2. The zero-order valence-corrected chi connectivity index (χ0v) is 29.3. The third-order valence-corrected chi connectivity index (χ3v) is 8.28. The summed E-state index contributed by atoms with van der Waals surface area (Å²) in [5.74, 6) is -3.68. The second-order valence-electron chi connectivity index (χ2n) is 14.3. The standard InChI is InChI=1S/C40H46F2N2O5/c1-25(2)36-35(38(46)43-28-16-12-9-13-17-28)34(26-14-10-8-11-15-26)37(27-18-19-31(41)32(42)22-27)44(36)21-20-29-23-30(48-40(6,7)47-29)24-33(45)49-39(3,4)5/h8-19,22,25,29-30H,20-21,23-24H2,1-7H3,(H,43,46)/t29-,30-/m1/s1. The molecule has 0 spiro atoms. The van der Waals surface area contributed by atoms with E-state index in [-0.39, 0.29) is 30.3 Å². The summed E-state index contributed by atoms with van der Waals surface area (Å²) in [6.45, 7) is 13.5. The molecule has 0 bridgehead atoms. The van der Waals surface area contributed by atoms with Gasteiger partial charge in [0.25, 0.3) is 5.91 Å². The first-order valence-electron chi connectivity index (χ1n) is 16.8. The van der Waals surface area contributed by atoms with Gasteiger partial charge in [-0.05, 0) is 82.9 Å². The van der Waals surface area contributed by atoms with Crippen LogP contribution in [0.15, 0.2) is 78.9 Å². The Kier molecular flexibility index (Phi) is 10.7. The molecule has 4 aromatic rings. The smallest absolute Gasteiger partial charge is 0.308 e. The van der Waals surface area contributed by atoms with Gasteiger partial charge in [-0.15, -0.1) is 0 Å². The Labute approximate surface area is 287 Å². The van der Waals surface area contributed by atoms with Crippen LogP contribution in [-0.4, -0.2) is 40.0 Å². The van der Waals surface area contributed by atoms with Crippen molar-refractivity contribution in [2.24, 2.45) is 0 Å². The van der Waals surface area contributed by atoms with Gasteiger partial charge in [0.2, 0.25) is 0 Å². The van der Waals surface area contributed by atoms with Crippen LogP contribution in [0.4, 0.5) is 14.5 Å². The van der Waals surface area contributed by atoms with E-state index in [2.05, 4.69) is 5.32 Å². The number of halogens is 2. The van der Waals surface area contributed by atoms with Gasteiger partial charge in [0.05, 0.1) is 29.9 Å². The van der Waals surface area contributed by atoms with Crippen LogP contribution in [0.5, 0.6) is 0 Å². The lowest BCUT2D eigenvalue weighted by molar-refractivity contribution is -0.301. The first-order chi connectivity index (χ1) is 23.1. The number of aromatic nitrogens is 1. The number of ether oxygens (including phenoxy) is 3. The van der Waals surface area contributed by atoms with Crippen molar-refractivity contribution in [3.05, 3.63) is 102 Å². The maximum absolute atomic E-state index is 14.9. The number of amides is 1. The Bertz CT molecular complexity index is 1780. The number of nitrogens with zero attached hydrogens (tertiary/aromatic N) is 1. The molecule has 49 heavy (non-hydrogen) atoms. The molecule has 5 rings (SSSR count). The second-order valence-corrected chi connectivity index (χ2v) is 14.3. The Morgan fingerprint density at radius 1 is 0.918 bits per heavy atom. The first kappa shape index (κ1) is 36.0. The van der Waals surface area contributed by atoms with Crippen molar-refractivity contribution in [3.63, 3.8) is 0 Å². The molecule has 1 N–H and O–H groups in total. The number of anilines is 1. The van der Waals surface area contributed by atoms with Crippen LogP contribution >= 0.6 is 0 Å². The quantitative estimate of drug-likeness (QED) is 0.170. The first-order valence-corrected chi connectivity index (χ1v) is 16.8. The van der Waals surface area contributed by atoms with Gasteiger partial charge >= 0.3 is 5.97 Å². The molecule has 3 aromatic carbocycles. The van der Waals surface area contributed by atoms with Crippen LogP contribution in [0.25, 0.3) is 22.4 Å². The van der Waals surface area contributed by atoms with Gasteiger partial charge in [0, 0.05) is 35.5 Å². The minimum atomic E-state index is -0.981. The zero-order valence-electron chi connectivity index (χ0n) is 29.3. The topological polar surface area (TPSA) is 78.8 Å². The molecule has 0 saturated carbocycles. The monoisotopic (exact) mass is 672 g/mol. The molecule has 1 fully saturated rings. The predicted octanol–water partition coefficient (Wildman–Crippen LogP) is 9.51. The highest BCUT2D eigenvalue weighted by Gasteiger charge is 2.38. The van der Waals surface area contributed by atoms with Gasteiger partial charge in [0.15, 0.2) is 17.4 Å². The fourth-order valence-electron chi connectivity index (χ4n) is 6.61. The van der Waals surface area contributed by atoms with E-state index in [1.54, 1.807) is 6.07 Å². The fraction of sp³-hybridized carbons (Fsp3) is 0.400. The normalized spacial score (nSPS) is 17.6. The summed E-state index contributed by atoms with van der Waals surface area (Å²) in [7, 11) is 0. The van der Waals surface area contributed by atoms with Crippen molar-refractivity contribution >= 4 is 17.6 Å². The molecule has 1 amide bonds. The molecule has 2 atom stereocenters. The van der Waals surface area contributed by atoms with E-state index in [1.165, 1.54) is 6.07 Å². The maximum atomic E-state index is 14.9. The lowest BCUT2D eigenvalue weighted by Gasteiger charge is -2.41. The van der Waals surface area contributed by atoms with E-state index in [1.807, 2.05) is 114 Å². The van der Waals surface area contributed by atoms with Gasteiger partial charge in [-0.3, -0.25) is 9.59 Å². The van der Waals surface area contributed by atoms with Gasteiger partial charge in [-0.2, -0.15) is 0 Å². The maximum Gasteiger partial charge on any atom is 0.308 e. The number of rotatable bonds is 10. The minimum absolute atomic E-state index is 0.0867. The van der Waals surface area contributed by atoms with E-state index in [9.17, 15) is 18.4 Å².